The van der Waals surface area contributed by atoms with Gasteiger partial charge in [0.05, 0.1) is 24.1 Å². The number of hydrogen-bond acceptors (Lipinski definition) is 3. The van der Waals surface area contributed by atoms with Gasteiger partial charge >= 0.3 is 6.03 Å². The summed E-state index contributed by atoms with van der Waals surface area (Å²) >= 11 is 6.06. The number of nitrogens with zero attached hydrogens (tertiary/aromatic N) is 2. The Morgan fingerprint density at radius 2 is 2.08 bits per heavy atom. The first kappa shape index (κ1) is 14.8. The van der Waals surface area contributed by atoms with Crippen LogP contribution in [-0.4, -0.2) is 24.2 Å². The number of carbonyl (C=O) groups excluding carboxylic acids is 1. The largest absolute Gasteiger partial charge is 0.490 e. The van der Waals surface area contributed by atoms with Gasteiger partial charge in [-0.3, -0.25) is 9.88 Å². The van der Waals surface area contributed by atoms with Crippen LogP contribution in [0.2, 0.25) is 5.02 Å². The summed E-state index contributed by atoms with van der Waals surface area (Å²) in [6, 6.07) is 12.8. The number of halogens is 1. The van der Waals surface area contributed by atoms with Crippen molar-refractivity contribution in [2.24, 2.45) is 0 Å². The van der Waals surface area contributed by atoms with Gasteiger partial charge in [0.25, 0.3) is 0 Å². The zero-order valence-electron chi connectivity index (χ0n) is 12.7. The van der Waals surface area contributed by atoms with E-state index in [1.165, 1.54) is 0 Å². The maximum absolute atomic E-state index is 12.8. The molecule has 1 aliphatic rings. The number of amides is 2. The van der Waals surface area contributed by atoms with Gasteiger partial charge in [-0.1, -0.05) is 35.9 Å². The van der Waals surface area contributed by atoms with Crippen molar-refractivity contribution in [3.05, 3.63) is 59.9 Å². The van der Waals surface area contributed by atoms with Crippen molar-refractivity contribution >= 4 is 39.8 Å². The molecule has 120 valence electrons. The van der Waals surface area contributed by atoms with Gasteiger partial charge < -0.3 is 10.1 Å². The van der Waals surface area contributed by atoms with Crippen LogP contribution in [0, 0.1) is 0 Å². The lowest BCUT2D eigenvalue weighted by atomic mass is 10.1. The lowest BCUT2D eigenvalue weighted by molar-refractivity contribution is 0.250. The molecule has 0 radical (unpaired) electrons. The molecule has 0 saturated carbocycles. The molecular formula is C18H14ClN3O2. The molecule has 4 rings (SSSR count). The third kappa shape index (κ3) is 2.63. The van der Waals surface area contributed by atoms with Crippen LogP contribution in [-0.2, 0) is 0 Å². The fourth-order valence-corrected chi connectivity index (χ4v) is 2.97. The fourth-order valence-electron chi connectivity index (χ4n) is 2.80. The number of benzene rings is 2. The molecular weight excluding hydrogens is 326 g/mol. The number of aromatic nitrogens is 1. The van der Waals surface area contributed by atoms with Gasteiger partial charge in [0, 0.05) is 22.0 Å². The normalized spacial score (nSPS) is 13.3. The van der Waals surface area contributed by atoms with Crippen molar-refractivity contribution < 1.29 is 9.53 Å². The Labute approximate surface area is 143 Å². The van der Waals surface area contributed by atoms with Crippen LogP contribution in [0.4, 0.5) is 16.2 Å². The lowest BCUT2D eigenvalue weighted by Crippen LogP contribution is -2.40. The summed E-state index contributed by atoms with van der Waals surface area (Å²) in [5.41, 5.74) is 1.34. The monoisotopic (exact) mass is 339 g/mol. The number of rotatable bonds is 1. The van der Waals surface area contributed by atoms with Gasteiger partial charge in [0.2, 0.25) is 0 Å². The minimum absolute atomic E-state index is 0.236. The topological polar surface area (TPSA) is 54.5 Å². The van der Waals surface area contributed by atoms with E-state index in [0.29, 0.717) is 35.3 Å². The summed E-state index contributed by atoms with van der Waals surface area (Å²) in [7, 11) is 0. The molecule has 0 saturated heterocycles. The van der Waals surface area contributed by atoms with Crippen molar-refractivity contribution in [1.82, 2.24) is 4.98 Å². The van der Waals surface area contributed by atoms with Crippen molar-refractivity contribution in [3.63, 3.8) is 0 Å². The van der Waals surface area contributed by atoms with E-state index in [4.69, 9.17) is 16.3 Å². The lowest BCUT2D eigenvalue weighted by Gasteiger charge is -2.29. The van der Waals surface area contributed by atoms with Crippen molar-refractivity contribution in [2.45, 2.75) is 0 Å². The number of nitrogens with one attached hydrogen (secondary N) is 1. The Balaban J connectivity index is 1.67. The quantitative estimate of drug-likeness (QED) is 0.718. The SMILES string of the molecule is O=C(Nc1cncc2ccccc12)N1CCOc2ccc(Cl)cc21. The van der Waals surface area contributed by atoms with Crippen LogP contribution < -0.4 is 15.0 Å². The Morgan fingerprint density at radius 1 is 1.21 bits per heavy atom. The van der Waals surface area contributed by atoms with E-state index >= 15 is 0 Å². The number of urea groups is 1. The van der Waals surface area contributed by atoms with Crippen LogP contribution >= 0.6 is 11.6 Å². The second-order valence-electron chi connectivity index (χ2n) is 5.45. The predicted octanol–water partition coefficient (Wildman–Crippen LogP) is 4.32. The highest BCUT2D eigenvalue weighted by Gasteiger charge is 2.24. The summed E-state index contributed by atoms with van der Waals surface area (Å²) < 4.78 is 5.59. The second kappa shape index (κ2) is 6.02. The molecule has 5 nitrogen and oxygen atoms in total. The molecule has 0 aliphatic carbocycles. The van der Waals surface area contributed by atoms with Crippen LogP contribution in [0.1, 0.15) is 0 Å². The Hall–Kier alpha value is -2.79. The summed E-state index contributed by atoms with van der Waals surface area (Å²) in [4.78, 5) is 18.6. The maximum atomic E-state index is 12.8. The van der Waals surface area contributed by atoms with Crippen molar-refractivity contribution in [2.75, 3.05) is 23.4 Å². The molecule has 24 heavy (non-hydrogen) atoms. The molecule has 1 N–H and O–H groups in total. The smallest absolute Gasteiger partial charge is 0.326 e. The molecule has 0 unspecified atom stereocenters. The third-order valence-corrected chi connectivity index (χ3v) is 4.17. The van der Waals surface area contributed by atoms with E-state index in [1.54, 1.807) is 35.5 Å². The number of anilines is 2. The minimum Gasteiger partial charge on any atom is -0.490 e. The molecule has 0 spiro atoms. The first-order valence-electron chi connectivity index (χ1n) is 7.56. The zero-order valence-corrected chi connectivity index (χ0v) is 13.5. The number of fused-ring (bicyclic) bond motifs is 2. The van der Waals surface area contributed by atoms with Crippen molar-refractivity contribution in [1.29, 1.82) is 0 Å². The van der Waals surface area contributed by atoms with Gasteiger partial charge in [-0.25, -0.2) is 4.79 Å². The molecule has 2 amide bonds. The van der Waals surface area contributed by atoms with E-state index in [-0.39, 0.29) is 6.03 Å². The summed E-state index contributed by atoms with van der Waals surface area (Å²) in [5, 5.41) is 5.42. The molecule has 0 fully saturated rings. The minimum atomic E-state index is -0.236. The third-order valence-electron chi connectivity index (χ3n) is 3.94. The van der Waals surface area contributed by atoms with Gasteiger partial charge in [-0.2, -0.15) is 0 Å². The predicted molar refractivity (Wildman–Crippen MR) is 95.1 cm³/mol. The standard InChI is InChI=1S/C18H14ClN3O2/c19-13-5-6-17-16(9-13)22(7-8-24-17)18(23)21-15-11-20-10-12-3-1-2-4-14(12)15/h1-6,9-11H,7-8H2,(H,21,23). The summed E-state index contributed by atoms with van der Waals surface area (Å²) in [6.45, 7) is 0.896. The van der Waals surface area contributed by atoms with E-state index in [2.05, 4.69) is 10.3 Å². The van der Waals surface area contributed by atoms with Crippen LogP contribution in [0.5, 0.6) is 5.75 Å². The van der Waals surface area contributed by atoms with E-state index in [9.17, 15) is 4.79 Å². The summed E-state index contributed by atoms with van der Waals surface area (Å²) in [6.07, 6.45) is 3.42. The molecule has 2 aromatic carbocycles. The van der Waals surface area contributed by atoms with Gasteiger partial charge in [0.1, 0.15) is 12.4 Å². The molecule has 6 heteroatoms. The molecule has 1 aliphatic heterocycles. The average molecular weight is 340 g/mol. The highest BCUT2D eigenvalue weighted by atomic mass is 35.5. The highest BCUT2D eigenvalue weighted by molar-refractivity contribution is 6.31. The number of pyridine rings is 1. The number of hydrogen-bond donors (Lipinski definition) is 1. The highest BCUT2D eigenvalue weighted by Crippen LogP contribution is 2.34. The first-order valence-corrected chi connectivity index (χ1v) is 7.94. The Kier molecular flexibility index (Phi) is 3.70. The molecule has 2 heterocycles. The van der Waals surface area contributed by atoms with Gasteiger partial charge in [0.15, 0.2) is 0 Å². The second-order valence-corrected chi connectivity index (χ2v) is 5.89. The van der Waals surface area contributed by atoms with Crippen LogP contribution in [0.3, 0.4) is 0 Å². The van der Waals surface area contributed by atoms with E-state index in [0.717, 1.165) is 10.8 Å². The van der Waals surface area contributed by atoms with E-state index in [1.807, 2.05) is 24.3 Å². The molecule has 1 aromatic heterocycles. The Morgan fingerprint density at radius 3 is 3.00 bits per heavy atom. The van der Waals surface area contributed by atoms with Crippen molar-refractivity contribution in [3.8, 4) is 5.75 Å². The van der Waals surface area contributed by atoms with E-state index < -0.39 is 0 Å². The van der Waals surface area contributed by atoms with Crippen LogP contribution in [0.25, 0.3) is 10.8 Å². The Bertz CT molecular complexity index is 924. The van der Waals surface area contributed by atoms with Gasteiger partial charge in [-0.15, -0.1) is 0 Å². The number of ether oxygens (including phenoxy) is 1. The fraction of sp³-hybridized carbons (Fsp3) is 0.111. The molecule has 3 aromatic rings. The molecule has 0 bridgehead atoms. The van der Waals surface area contributed by atoms with Gasteiger partial charge in [-0.05, 0) is 18.2 Å². The van der Waals surface area contributed by atoms with Crippen LogP contribution in [0.15, 0.2) is 54.9 Å². The zero-order chi connectivity index (χ0) is 16.5. The number of carbonyl (C=O) groups is 1. The average Bonchev–Trinajstić information content (AvgIpc) is 2.61. The maximum Gasteiger partial charge on any atom is 0.326 e. The summed E-state index contributed by atoms with van der Waals surface area (Å²) in [5.74, 6) is 0.650. The molecule has 0 atom stereocenters. The first-order chi connectivity index (χ1) is 11.7.